The molecule has 0 heterocycles. The summed E-state index contributed by atoms with van der Waals surface area (Å²) < 4.78 is 73.9. The summed E-state index contributed by atoms with van der Waals surface area (Å²) in [6.45, 7) is -0.398. The van der Waals surface area contributed by atoms with Crippen LogP contribution in [0.25, 0.3) is 0 Å². The lowest BCUT2D eigenvalue weighted by Crippen LogP contribution is -2.27. The first-order valence-corrected chi connectivity index (χ1v) is 10.7. The van der Waals surface area contributed by atoms with Gasteiger partial charge < -0.3 is 0 Å². The zero-order valence-corrected chi connectivity index (χ0v) is 15.6. The molecule has 2 aromatic carbocycles. The van der Waals surface area contributed by atoms with Crippen LogP contribution < -0.4 is 0 Å². The van der Waals surface area contributed by atoms with E-state index in [0.717, 1.165) is 0 Å². The van der Waals surface area contributed by atoms with Crippen LogP contribution in [0, 0.1) is 0 Å². The van der Waals surface area contributed by atoms with Gasteiger partial charge in [-0.3, -0.25) is 0 Å². The van der Waals surface area contributed by atoms with Gasteiger partial charge >= 0.3 is 23.6 Å². The van der Waals surface area contributed by atoms with E-state index in [0.29, 0.717) is 11.1 Å². The van der Waals surface area contributed by atoms with E-state index in [4.69, 9.17) is 9.05 Å². The molecule has 0 radical (unpaired) electrons. The van der Waals surface area contributed by atoms with Gasteiger partial charge in [-0.25, -0.2) is 4.18 Å². The van der Waals surface area contributed by atoms with Gasteiger partial charge in [0.2, 0.25) is 0 Å². The van der Waals surface area contributed by atoms with Crippen molar-refractivity contribution in [1.82, 2.24) is 0 Å². The highest BCUT2D eigenvalue weighted by Gasteiger charge is 2.52. The van der Waals surface area contributed by atoms with Crippen molar-refractivity contribution in [3.05, 3.63) is 71.8 Å². The van der Waals surface area contributed by atoms with Crippen molar-refractivity contribution in [1.29, 1.82) is 0 Å². The van der Waals surface area contributed by atoms with Gasteiger partial charge in [0.1, 0.15) is 13.2 Å². The van der Waals surface area contributed by atoms with Crippen LogP contribution in [-0.2, 0) is 36.6 Å². The molecule has 0 aromatic heterocycles. The highest BCUT2D eigenvalue weighted by molar-refractivity contribution is 7.87. The SMILES string of the molecule is O=S(=O)(OC[P+](O)(OCc1ccccc1)OCc1ccccc1)C(F)(F)F. The summed E-state index contributed by atoms with van der Waals surface area (Å²) in [6, 6.07) is 16.9. The molecule has 11 heteroatoms. The zero-order valence-electron chi connectivity index (χ0n) is 13.9. The van der Waals surface area contributed by atoms with Gasteiger partial charge in [0, 0.05) is 0 Å². The number of hydrogen-bond acceptors (Lipinski definition) is 6. The molecule has 0 fully saturated rings. The molecule has 0 unspecified atom stereocenters. The van der Waals surface area contributed by atoms with Gasteiger partial charge in [-0.05, 0) is 11.1 Å². The lowest BCUT2D eigenvalue weighted by Gasteiger charge is -2.17. The molecule has 0 bridgehead atoms. The Morgan fingerprint density at radius 2 is 1.26 bits per heavy atom. The Bertz CT molecular complexity index is 772. The van der Waals surface area contributed by atoms with E-state index in [9.17, 15) is 26.5 Å². The van der Waals surface area contributed by atoms with Crippen molar-refractivity contribution in [2.75, 3.05) is 6.35 Å². The number of benzene rings is 2. The van der Waals surface area contributed by atoms with Gasteiger partial charge in [0.25, 0.3) is 6.35 Å². The summed E-state index contributed by atoms with van der Waals surface area (Å²) in [5.41, 5.74) is -4.40. The molecule has 0 atom stereocenters. The third-order valence-electron chi connectivity index (χ3n) is 3.21. The van der Waals surface area contributed by atoms with Gasteiger partial charge in [-0.2, -0.15) is 35.5 Å². The van der Waals surface area contributed by atoms with Crippen LogP contribution in [0.1, 0.15) is 11.1 Å². The molecular weight excluding hydrogens is 408 g/mol. The minimum absolute atomic E-state index is 0.199. The second kappa shape index (κ2) is 9.09. The van der Waals surface area contributed by atoms with E-state index in [1.54, 1.807) is 60.7 Å². The largest absolute Gasteiger partial charge is 0.523 e. The summed E-state index contributed by atoms with van der Waals surface area (Å²) in [6.07, 6.45) is -1.28. The minimum atomic E-state index is -5.89. The average molecular weight is 425 g/mol. The topological polar surface area (TPSA) is 82.1 Å². The van der Waals surface area contributed by atoms with Crippen LogP contribution in [0.3, 0.4) is 0 Å². The molecule has 6 nitrogen and oxygen atoms in total. The fraction of sp³-hybridized carbons (Fsp3) is 0.250. The molecule has 0 spiro atoms. The number of rotatable bonds is 9. The molecule has 0 aliphatic heterocycles. The molecule has 2 rings (SSSR count). The van der Waals surface area contributed by atoms with Crippen molar-refractivity contribution in [3.63, 3.8) is 0 Å². The predicted octanol–water partition coefficient (Wildman–Crippen LogP) is 4.00. The molecule has 0 aliphatic rings. The number of alkyl halides is 3. The van der Waals surface area contributed by atoms with E-state index >= 15 is 0 Å². The van der Waals surface area contributed by atoms with E-state index in [2.05, 4.69) is 4.18 Å². The first kappa shape index (κ1) is 21.7. The smallest absolute Gasteiger partial charge is 0.216 e. The Kier molecular flexibility index (Phi) is 7.32. The van der Waals surface area contributed by atoms with Gasteiger partial charge in [0.05, 0.1) is 0 Å². The summed E-state index contributed by atoms with van der Waals surface area (Å²) in [5.74, 6) is 0. The number of halogens is 3. The summed E-state index contributed by atoms with van der Waals surface area (Å²) in [7, 11) is -9.96. The van der Waals surface area contributed by atoms with E-state index in [-0.39, 0.29) is 13.2 Å². The van der Waals surface area contributed by atoms with Crippen LogP contribution in [0.5, 0.6) is 0 Å². The van der Waals surface area contributed by atoms with Crippen LogP contribution in [0.2, 0.25) is 0 Å². The summed E-state index contributed by atoms with van der Waals surface area (Å²) in [5, 5.41) is 0. The normalized spacial score (nSPS) is 12.9. The van der Waals surface area contributed by atoms with Gasteiger partial charge in [-0.1, -0.05) is 60.7 Å². The van der Waals surface area contributed by atoms with Crippen molar-refractivity contribution >= 4 is 18.1 Å². The zero-order chi connectivity index (χ0) is 20.0. The highest BCUT2D eigenvalue weighted by Crippen LogP contribution is 2.58. The Labute approximate surface area is 155 Å². The highest BCUT2D eigenvalue weighted by atomic mass is 32.2. The maximum atomic E-state index is 12.4. The van der Waals surface area contributed by atoms with Gasteiger partial charge in [0.15, 0.2) is 0 Å². The molecule has 0 aliphatic carbocycles. The Hall–Kier alpha value is -1.55. The van der Waals surface area contributed by atoms with Crippen molar-refractivity contribution < 1.29 is 39.7 Å². The Morgan fingerprint density at radius 3 is 1.63 bits per heavy atom. The second-order valence-corrected chi connectivity index (χ2v) is 8.96. The summed E-state index contributed by atoms with van der Waals surface area (Å²) >= 11 is 0. The monoisotopic (exact) mass is 425 g/mol. The van der Waals surface area contributed by atoms with E-state index in [1.165, 1.54) is 0 Å². The maximum absolute atomic E-state index is 12.4. The van der Waals surface area contributed by atoms with Crippen molar-refractivity contribution in [3.8, 4) is 0 Å². The third-order valence-corrected chi connectivity index (χ3v) is 5.90. The lowest BCUT2D eigenvalue weighted by atomic mass is 10.2. The van der Waals surface area contributed by atoms with Crippen LogP contribution in [0.15, 0.2) is 60.7 Å². The second-order valence-electron chi connectivity index (χ2n) is 5.30. The minimum Gasteiger partial charge on any atom is -0.216 e. The lowest BCUT2D eigenvalue weighted by molar-refractivity contribution is -0.0536. The fourth-order valence-electron chi connectivity index (χ4n) is 1.81. The fourth-order valence-corrected chi connectivity index (χ4v) is 3.96. The quantitative estimate of drug-likeness (QED) is 0.372. The molecule has 148 valence electrons. The average Bonchev–Trinajstić information content (AvgIpc) is 2.64. The molecule has 0 saturated carbocycles. The standard InChI is InChI=1S/C16H17F3O6PS/c17-16(18,19)27(21,22)25-13-26(20,23-11-14-7-3-1-4-8-14)24-12-15-9-5-2-6-10-15/h1-10,20H,11-13H2/q+1. The Morgan fingerprint density at radius 1 is 0.852 bits per heavy atom. The predicted molar refractivity (Wildman–Crippen MR) is 92.5 cm³/mol. The molecule has 0 amide bonds. The van der Waals surface area contributed by atoms with Crippen LogP contribution in [0.4, 0.5) is 13.2 Å². The van der Waals surface area contributed by atoms with Gasteiger partial charge in [-0.15, -0.1) is 0 Å². The van der Waals surface area contributed by atoms with Crippen molar-refractivity contribution in [2.24, 2.45) is 0 Å². The molecule has 0 saturated heterocycles. The van der Waals surface area contributed by atoms with E-state index < -0.39 is 29.9 Å². The van der Waals surface area contributed by atoms with E-state index in [1.807, 2.05) is 0 Å². The third kappa shape index (κ3) is 6.84. The first-order chi connectivity index (χ1) is 12.6. The first-order valence-electron chi connectivity index (χ1n) is 7.55. The Balaban J connectivity index is 2.08. The van der Waals surface area contributed by atoms with Crippen LogP contribution >= 0.6 is 7.94 Å². The molecular formula is C16H17F3O6PS+. The molecule has 1 N–H and O–H groups in total. The van der Waals surface area contributed by atoms with Crippen LogP contribution in [-0.4, -0.2) is 25.2 Å². The number of hydrogen-bond donors (Lipinski definition) is 1. The molecule has 27 heavy (non-hydrogen) atoms. The van der Waals surface area contributed by atoms with Crippen molar-refractivity contribution in [2.45, 2.75) is 18.7 Å². The summed E-state index contributed by atoms with van der Waals surface area (Å²) in [4.78, 5) is 10.5. The molecule has 2 aromatic rings. The maximum Gasteiger partial charge on any atom is 0.523 e.